The van der Waals surface area contributed by atoms with Gasteiger partial charge in [-0.1, -0.05) is 17.7 Å². The zero-order valence-corrected chi connectivity index (χ0v) is 18.8. The van der Waals surface area contributed by atoms with Crippen molar-refractivity contribution in [2.45, 2.75) is 6.18 Å². The average molecular weight is 482 g/mol. The van der Waals surface area contributed by atoms with Gasteiger partial charge in [0.15, 0.2) is 0 Å². The van der Waals surface area contributed by atoms with E-state index in [1.165, 1.54) is 25.3 Å². The lowest BCUT2D eigenvalue weighted by atomic mass is 10.1. The summed E-state index contributed by atoms with van der Waals surface area (Å²) in [5.41, 5.74) is -0.150. The fourth-order valence-electron chi connectivity index (χ4n) is 3.34. The second kappa shape index (κ2) is 10.3. The summed E-state index contributed by atoms with van der Waals surface area (Å²) in [6, 6.07) is 8.09. The van der Waals surface area contributed by atoms with Crippen LogP contribution in [0.15, 0.2) is 42.5 Å². The first-order chi connectivity index (χ1) is 15.6. The molecule has 176 valence electrons. The Labute approximate surface area is 194 Å². The van der Waals surface area contributed by atoms with Crippen LogP contribution in [0.3, 0.4) is 0 Å². The van der Waals surface area contributed by atoms with Crippen molar-refractivity contribution < 1.29 is 27.5 Å². The Morgan fingerprint density at radius 2 is 1.79 bits per heavy atom. The Balaban J connectivity index is 1.75. The van der Waals surface area contributed by atoms with Crippen LogP contribution in [0.2, 0.25) is 5.02 Å². The number of carbonyl (C=O) groups excluding carboxylic acids is 2. The van der Waals surface area contributed by atoms with Gasteiger partial charge in [-0.15, -0.1) is 0 Å². The Morgan fingerprint density at radius 1 is 1.09 bits per heavy atom. The molecule has 2 amide bonds. The molecule has 6 nitrogen and oxygen atoms in total. The van der Waals surface area contributed by atoms with E-state index in [0.717, 1.165) is 31.3 Å². The number of hydrogen-bond acceptors (Lipinski definition) is 4. The molecular weight excluding hydrogens is 459 g/mol. The Hall–Kier alpha value is -3.04. The highest BCUT2D eigenvalue weighted by atomic mass is 35.5. The summed E-state index contributed by atoms with van der Waals surface area (Å²) < 4.78 is 44.3. The van der Waals surface area contributed by atoms with E-state index in [9.17, 15) is 22.8 Å². The number of methoxy groups -OCH3 is 1. The first-order valence-corrected chi connectivity index (χ1v) is 10.5. The number of rotatable bonds is 5. The van der Waals surface area contributed by atoms with Crippen LogP contribution in [-0.2, 0) is 11.0 Å². The highest BCUT2D eigenvalue weighted by molar-refractivity contribution is 6.31. The zero-order valence-electron chi connectivity index (χ0n) is 18.1. The van der Waals surface area contributed by atoms with Crippen molar-refractivity contribution in [1.29, 1.82) is 0 Å². The number of benzene rings is 2. The van der Waals surface area contributed by atoms with Crippen molar-refractivity contribution in [2.75, 3.05) is 45.7 Å². The van der Waals surface area contributed by atoms with Gasteiger partial charge in [0.05, 0.1) is 23.4 Å². The molecule has 33 heavy (non-hydrogen) atoms. The second-order valence-corrected chi connectivity index (χ2v) is 7.98. The molecule has 0 aliphatic carbocycles. The molecule has 1 saturated heterocycles. The second-order valence-electron chi connectivity index (χ2n) is 7.57. The van der Waals surface area contributed by atoms with Crippen LogP contribution in [0.4, 0.5) is 18.9 Å². The van der Waals surface area contributed by atoms with Crippen molar-refractivity contribution in [2.24, 2.45) is 0 Å². The molecule has 2 aromatic carbocycles. The Bertz CT molecular complexity index is 1060. The minimum absolute atomic E-state index is 0.155. The van der Waals surface area contributed by atoms with Crippen molar-refractivity contribution in [1.82, 2.24) is 9.80 Å². The molecule has 0 radical (unpaired) electrons. The molecule has 0 unspecified atom stereocenters. The van der Waals surface area contributed by atoms with E-state index in [1.54, 1.807) is 17.0 Å². The van der Waals surface area contributed by atoms with E-state index < -0.39 is 22.7 Å². The largest absolute Gasteiger partial charge is 0.495 e. The van der Waals surface area contributed by atoms with Gasteiger partial charge in [-0.2, -0.15) is 13.2 Å². The number of anilines is 1. The van der Waals surface area contributed by atoms with Crippen LogP contribution in [-0.4, -0.2) is 62.0 Å². The number of ether oxygens (including phenoxy) is 1. The van der Waals surface area contributed by atoms with Crippen molar-refractivity contribution in [3.05, 3.63) is 64.2 Å². The van der Waals surface area contributed by atoms with Gasteiger partial charge in [0.1, 0.15) is 5.75 Å². The summed E-state index contributed by atoms with van der Waals surface area (Å²) in [5.74, 6) is -0.406. The molecule has 1 aliphatic heterocycles. The molecule has 1 heterocycles. The summed E-state index contributed by atoms with van der Waals surface area (Å²) in [5, 5.41) is 2.19. The quantitative estimate of drug-likeness (QED) is 0.643. The van der Waals surface area contributed by atoms with Crippen LogP contribution in [0, 0.1) is 0 Å². The topological polar surface area (TPSA) is 61.9 Å². The minimum atomic E-state index is -4.60. The molecule has 1 fully saturated rings. The predicted octanol–water partition coefficient (Wildman–Crippen LogP) is 4.41. The van der Waals surface area contributed by atoms with E-state index in [4.69, 9.17) is 16.3 Å². The Kier molecular flexibility index (Phi) is 7.65. The maximum atomic E-state index is 13.0. The third kappa shape index (κ3) is 6.27. The summed E-state index contributed by atoms with van der Waals surface area (Å²) in [7, 11) is 3.42. The highest BCUT2D eigenvalue weighted by Crippen LogP contribution is 2.35. The van der Waals surface area contributed by atoms with E-state index >= 15 is 0 Å². The van der Waals surface area contributed by atoms with Crippen LogP contribution < -0.4 is 10.1 Å². The maximum absolute atomic E-state index is 13.0. The number of hydrogen-bond donors (Lipinski definition) is 1. The average Bonchev–Trinajstić information content (AvgIpc) is 2.77. The first kappa shape index (κ1) is 24.6. The fraction of sp³-hybridized carbons (Fsp3) is 0.304. The van der Waals surface area contributed by atoms with Crippen LogP contribution in [0.25, 0.3) is 6.08 Å². The number of likely N-dealkylation sites (N-methyl/N-ethyl adjacent to an activating group) is 1. The van der Waals surface area contributed by atoms with E-state index in [1.807, 2.05) is 7.05 Å². The molecule has 0 saturated carbocycles. The lowest BCUT2D eigenvalue weighted by Crippen LogP contribution is -2.47. The molecule has 1 N–H and O–H groups in total. The number of nitrogens with zero attached hydrogens (tertiary/aromatic N) is 2. The molecule has 0 spiro atoms. The maximum Gasteiger partial charge on any atom is 0.417 e. The van der Waals surface area contributed by atoms with E-state index in [2.05, 4.69) is 10.2 Å². The van der Waals surface area contributed by atoms with Crippen molar-refractivity contribution >= 4 is 35.2 Å². The predicted molar refractivity (Wildman–Crippen MR) is 121 cm³/mol. The number of amides is 2. The smallest absolute Gasteiger partial charge is 0.417 e. The molecule has 3 rings (SSSR count). The van der Waals surface area contributed by atoms with E-state index in [0.29, 0.717) is 24.4 Å². The molecule has 1 aliphatic rings. The van der Waals surface area contributed by atoms with Gasteiger partial charge in [0, 0.05) is 37.8 Å². The summed E-state index contributed by atoms with van der Waals surface area (Å²) in [4.78, 5) is 29.1. The van der Waals surface area contributed by atoms with Crippen LogP contribution in [0.5, 0.6) is 5.75 Å². The third-order valence-corrected chi connectivity index (χ3v) is 5.55. The summed E-state index contributed by atoms with van der Waals surface area (Å²) in [6.45, 7) is 2.76. The Morgan fingerprint density at radius 3 is 2.42 bits per heavy atom. The van der Waals surface area contributed by atoms with Crippen LogP contribution in [0.1, 0.15) is 21.5 Å². The molecule has 10 heteroatoms. The van der Waals surface area contributed by atoms with Gasteiger partial charge in [0.2, 0.25) is 5.91 Å². The third-order valence-electron chi connectivity index (χ3n) is 5.22. The summed E-state index contributed by atoms with van der Waals surface area (Å²) >= 11 is 5.62. The van der Waals surface area contributed by atoms with Gasteiger partial charge in [-0.05, 0) is 49.0 Å². The van der Waals surface area contributed by atoms with Gasteiger partial charge >= 0.3 is 6.18 Å². The number of alkyl halides is 3. The first-order valence-electron chi connectivity index (χ1n) is 10.1. The number of piperazine rings is 1. The molecular formula is C23H23ClF3N3O3. The van der Waals surface area contributed by atoms with E-state index in [-0.39, 0.29) is 17.2 Å². The minimum Gasteiger partial charge on any atom is -0.495 e. The number of carbonyl (C=O) groups is 2. The van der Waals surface area contributed by atoms with Crippen molar-refractivity contribution in [3.63, 3.8) is 0 Å². The normalized spacial score (nSPS) is 15.0. The lowest BCUT2D eigenvalue weighted by molar-refractivity contribution is -0.137. The summed E-state index contributed by atoms with van der Waals surface area (Å²) in [6.07, 6.45) is -2.27. The highest BCUT2D eigenvalue weighted by Gasteiger charge is 2.33. The fourth-order valence-corrected chi connectivity index (χ4v) is 3.57. The zero-order chi connectivity index (χ0) is 24.2. The van der Waals surface area contributed by atoms with Gasteiger partial charge < -0.3 is 19.9 Å². The molecule has 2 aromatic rings. The van der Waals surface area contributed by atoms with Crippen LogP contribution >= 0.6 is 11.6 Å². The lowest BCUT2D eigenvalue weighted by Gasteiger charge is -2.32. The standard InChI is InChI=1S/C23H23ClF3N3O3/c1-29-9-11-30(12-10-29)22(32)16-5-7-20(33-2)19(14-16)28-21(31)8-4-15-3-6-18(24)17(13-15)23(25,26)27/h3-8,13-14H,9-12H2,1-2H3,(H,28,31)/b8-4+. The van der Waals surface area contributed by atoms with Gasteiger partial charge in [-0.25, -0.2) is 0 Å². The monoisotopic (exact) mass is 481 g/mol. The number of nitrogens with one attached hydrogen (secondary N) is 1. The van der Waals surface area contributed by atoms with Crippen molar-refractivity contribution in [3.8, 4) is 5.75 Å². The van der Waals surface area contributed by atoms with Gasteiger partial charge in [-0.3, -0.25) is 9.59 Å². The number of halogens is 4. The molecule has 0 atom stereocenters. The SMILES string of the molecule is COc1ccc(C(=O)N2CCN(C)CC2)cc1NC(=O)/C=C/c1ccc(Cl)c(C(F)(F)F)c1. The molecule has 0 bridgehead atoms. The van der Waals surface area contributed by atoms with Gasteiger partial charge in [0.25, 0.3) is 5.91 Å². The molecule has 0 aromatic heterocycles.